The number of nitrogens with zero attached hydrogens (tertiary/aromatic N) is 3. The standard InChI is InChI=1S/C24H32N4OS/c1-26(2)24(22-6-4-17-30-22)10-15-28(16-11-24)14-5-13-27(3)23(29)20-8-7-19-9-12-25-21(19)18-20/h4,6-9,12,17-18,25H,5,10-11,13-16H2,1-3H3. The second kappa shape index (κ2) is 8.92. The number of carbonyl (C=O) groups excluding carboxylic acids is 1. The number of carbonyl (C=O) groups is 1. The largest absolute Gasteiger partial charge is 0.361 e. The van der Waals surface area contributed by atoms with Crippen molar-refractivity contribution in [1.82, 2.24) is 19.7 Å². The average molecular weight is 425 g/mol. The molecule has 1 amide bonds. The number of H-pyrrole nitrogens is 1. The molecule has 3 aromatic rings. The number of nitrogens with one attached hydrogen (secondary N) is 1. The Bertz CT molecular complexity index is 970. The van der Waals surface area contributed by atoms with Crippen molar-refractivity contribution in [1.29, 1.82) is 0 Å². The number of amides is 1. The van der Waals surface area contributed by atoms with E-state index in [0.29, 0.717) is 0 Å². The molecule has 4 rings (SSSR count). The molecule has 1 aliphatic heterocycles. The van der Waals surface area contributed by atoms with Crippen LogP contribution in [0.5, 0.6) is 0 Å². The molecule has 0 bridgehead atoms. The van der Waals surface area contributed by atoms with E-state index in [4.69, 9.17) is 0 Å². The summed E-state index contributed by atoms with van der Waals surface area (Å²) in [6, 6.07) is 12.3. The number of hydrogen-bond acceptors (Lipinski definition) is 4. The first-order chi connectivity index (χ1) is 14.5. The molecule has 5 nitrogen and oxygen atoms in total. The number of benzene rings is 1. The van der Waals surface area contributed by atoms with Gasteiger partial charge in [-0.15, -0.1) is 11.3 Å². The lowest BCUT2D eigenvalue weighted by Gasteiger charge is -2.46. The highest BCUT2D eigenvalue weighted by Gasteiger charge is 2.38. The minimum absolute atomic E-state index is 0.0921. The van der Waals surface area contributed by atoms with Crippen molar-refractivity contribution in [3.05, 3.63) is 58.4 Å². The zero-order valence-electron chi connectivity index (χ0n) is 18.2. The maximum Gasteiger partial charge on any atom is 0.253 e. The van der Waals surface area contributed by atoms with E-state index in [9.17, 15) is 4.79 Å². The Kier molecular flexibility index (Phi) is 6.27. The first-order valence-electron chi connectivity index (χ1n) is 10.8. The fourth-order valence-electron chi connectivity index (χ4n) is 4.64. The molecule has 1 aliphatic rings. The highest BCUT2D eigenvalue weighted by molar-refractivity contribution is 7.10. The summed E-state index contributed by atoms with van der Waals surface area (Å²) < 4.78 is 0. The minimum atomic E-state index is 0.0921. The van der Waals surface area contributed by atoms with Crippen LogP contribution in [0.1, 0.15) is 34.5 Å². The van der Waals surface area contributed by atoms with Gasteiger partial charge >= 0.3 is 0 Å². The number of fused-ring (bicyclic) bond motifs is 1. The zero-order valence-corrected chi connectivity index (χ0v) is 19.0. The normalized spacial score (nSPS) is 16.9. The molecular weight excluding hydrogens is 392 g/mol. The maximum absolute atomic E-state index is 12.8. The molecule has 0 aliphatic carbocycles. The number of aromatic amines is 1. The van der Waals surface area contributed by atoms with Gasteiger partial charge in [0.05, 0.1) is 5.54 Å². The van der Waals surface area contributed by atoms with E-state index in [1.807, 2.05) is 53.7 Å². The summed E-state index contributed by atoms with van der Waals surface area (Å²) in [6.45, 7) is 4.04. The summed E-state index contributed by atoms with van der Waals surface area (Å²) in [7, 11) is 6.33. The quantitative estimate of drug-likeness (QED) is 0.617. The number of aromatic nitrogens is 1. The highest BCUT2D eigenvalue weighted by Crippen LogP contribution is 2.39. The first-order valence-corrected chi connectivity index (χ1v) is 11.6. The summed E-state index contributed by atoms with van der Waals surface area (Å²) in [5.74, 6) is 0.0921. The molecule has 6 heteroatoms. The van der Waals surface area contributed by atoms with Crippen LogP contribution in [0, 0.1) is 0 Å². The number of hydrogen-bond donors (Lipinski definition) is 1. The third kappa shape index (κ3) is 4.17. The van der Waals surface area contributed by atoms with Crippen molar-refractivity contribution >= 4 is 28.1 Å². The second-order valence-electron chi connectivity index (χ2n) is 8.60. The number of thiophene rings is 1. The number of likely N-dealkylation sites (tertiary alicyclic amines) is 1. The van der Waals surface area contributed by atoms with E-state index in [1.165, 1.54) is 4.88 Å². The molecule has 1 N–H and O–H groups in total. The van der Waals surface area contributed by atoms with Gasteiger partial charge in [-0.05, 0) is 74.9 Å². The third-order valence-electron chi connectivity index (χ3n) is 6.64. The SMILES string of the molecule is CN(CCCN1CCC(c2cccs2)(N(C)C)CC1)C(=O)c1ccc2cc[nH]c2c1. The Hall–Kier alpha value is -2.15. The van der Waals surface area contributed by atoms with Gasteiger partial charge in [0.2, 0.25) is 0 Å². The van der Waals surface area contributed by atoms with Crippen LogP contribution in [0.25, 0.3) is 10.9 Å². The van der Waals surface area contributed by atoms with Crippen LogP contribution in [0.15, 0.2) is 48.0 Å². The Morgan fingerprint density at radius 3 is 2.67 bits per heavy atom. The maximum atomic E-state index is 12.8. The molecule has 30 heavy (non-hydrogen) atoms. The first kappa shape index (κ1) is 21.1. The molecule has 1 aromatic carbocycles. The Morgan fingerprint density at radius 2 is 1.97 bits per heavy atom. The van der Waals surface area contributed by atoms with Gasteiger partial charge in [-0.3, -0.25) is 9.69 Å². The van der Waals surface area contributed by atoms with Crippen molar-refractivity contribution in [3.63, 3.8) is 0 Å². The zero-order chi connectivity index (χ0) is 21.1. The van der Waals surface area contributed by atoms with Crippen molar-refractivity contribution in [2.45, 2.75) is 24.8 Å². The number of piperidine rings is 1. The van der Waals surface area contributed by atoms with Crippen LogP contribution in [0.2, 0.25) is 0 Å². The Morgan fingerprint density at radius 1 is 1.17 bits per heavy atom. The van der Waals surface area contributed by atoms with Crippen LogP contribution >= 0.6 is 11.3 Å². The molecule has 0 unspecified atom stereocenters. The summed E-state index contributed by atoms with van der Waals surface area (Å²) >= 11 is 1.88. The average Bonchev–Trinajstić information content (AvgIpc) is 3.45. The lowest BCUT2D eigenvalue weighted by Crippen LogP contribution is -2.50. The van der Waals surface area contributed by atoms with Crippen molar-refractivity contribution in [3.8, 4) is 0 Å². The summed E-state index contributed by atoms with van der Waals surface area (Å²) in [4.78, 5) is 24.3. The summed E-state index contributed by atoms with van der Waals surface area (Å²) in [5, 5.41) is 3.32. The van der Waals surface area contributed by atoms with Crippen molar-refractivity contribution < 1.29 is 4.79 Å². The predicted octanol–water partition coefficient (Wildman–Crippen LogP) is 4.24. The van der Waals surface area contributed by atoms with Gasteiger partial charge in [0.1, 0.15) is 0 Å². The Labute approximate surface area is 183 Å². The van der Waals surface area contributed by atoms with Crippen LogP contribution in [0.3, 0.4) is 0 Å². The van der Waals surface area contributed by atoms with Gasteiger partial charge in [0, 0.05) is 48.8 Å². The lowest BCUT2D eigenvalue weighted by atomic mass is 9.84. The van der Waals surface area contributed by atoms with Crippen LogP contribution in [0.4, 0.5) is 0 Å². The van der Waals surface area contributed by atoms with Gasteiger partial charge in [-0.25, -0.2) is 0 Å². The monoisotopic (exact) mass is 424 g/mol. The van der Waals surface area contributed by atoms with Gasteiger partial charge in [-0.1, -0.05) is 12.1 Å². The highest BCUT2D eigenvalue weighted by atomic mass is 32.1. The second-order valence-corrected chi connectivity index (χ2v) is 9.55. The van der Waals surface area contributed by atoms with Gasteiger partial charge in [0.15, 0.2) is 0 Å². The smallest absolute Gasteiger partial charge is 0.253 e. The predicted molar refractivity (Wildman–Crippen MR) is 125 cm³/mol. The van der Waals surface area contributed by atoms with Crippen LogP contribution in [-0.4, -0.2) is 72.9 Å². The van der Waals surface area contributed by atoms with E-state index in [-0.39, 0.29) is 11.4 Å². The molecule has 1 saturated heterocycles. The van der Waals surface area contributed by atoms with Crippen LogP contribution < -0.4 is 0 Å². The minimum Gasteiger partial charge on any atom is -0.361 e. The van der Waals surface area contributed by atoms with Gasteiger partial charge in [-0.2, -0.15) is 0 Å². The Balaban J connectivity index is 1.27. The molecule has 0 radical (unpaired) electrons. The number of rotatable bonds is 7. The summed E-state index contributed by atoms with van der Waals surface area (Å²) in [6.07, 6.45) is 5.22. The molecular formula is C24H32N4OS. The lowest BCUT2D eigenvalue weighted by molar-refractivity contribution is 0.0545. The molecule has 3 heterocycles. The molecule has 0 spiro atoms. The van der Waals surface area contributed by atoms with E-state index in [2.05, 4.69) is 46.4 Å². The molecule has 160 valence electrons. The molecule has 0 atom stereocenters. The fraction of sp³-hybridized carbons (Fsp3) is 0.458. The molecule has 1 fully saturated rings. The van der Waals surface area contributed by atoms with Gasteiger partial charge < -0.3 is 14.8 Å². The van der Waals surface area contributed by atoms with Crippen LogP contribution in [-0.2, 0) is 5.54 Å². The molecule has 2 aromatic heterocycles. The van der Waals surface area contributed by atoms with Crippen molar-refractivity contribution in [2.75, 3.05) is 47.3 Å². The summed E-state index contributed by atoms with van der Waals surface area (Å²) in [5.41, 5.74) is 1.93. The third-order valence-corrected chi connectivity index (χ3v) is 7.70. The topological polar surface area (TPSA) is 42.6 Å². The van der Waals surface area contributed by atoms with E-state index < -0.39 is 0 Å². The fourth-order valence-corrected chi connectivity index (χ4v) is 5.71. The van der Waals surface area contributed by atoms with E-state index in [0.717, 1.165) is 61.9 Å². The van der Waals surface area contributed by atoms with E-state index in [1.54, 1.807) is 0 Å². The van der Waals surface area contributed by atoms with E-state index >= 15 is 0 Å². The van der Waals surface area contributed by atoms with Crippen molar-refractivity contribution in [2.24, 2.45) is 0 Å². The van der Waals surface area contributed by atoms with Gasteiger partial charge in [0.25, 0.3) is 5.91 Å². The molecule has 0 saturated carbocycles.